The van der Waals surface area contributed by atoms with Gasteiger partial charge in [-0.15, -0.1) is 0 Å². The molecule has 9 heteroatoms. The Morgan fingerprint density at radius 1 is 0.907 bits per heavy atom. The third-order valence-corrected chi connectivity index (χ3v) is 7.30. The van der Waals surface area contributed by atoms with Crippen molar-refractivity contribution in [3.8, 4) is 17.6 Å². The van der Waals surface area contributed by atoms with Crippen LogP contribution >= 0.6 is 0 Å². The van der Waals surface area contributed by atoms with Crippen molar-refractivity contribution in [3.05, 3.63) is 101 Å². The maximum atomic E-state index is 13.6. The summed E-state index contributed by atoms with van der Waals surface area (Å²) in [6, 6.07) is 20.7. The Hall–Kier alpha value is -3.97. The zero-order valence-corrected chi connectivity index (χ0v) is 24.6. The van der Waals surface area contributed by atoms with E-state index in [9.17, 15) is 18.8 Å². The number of rotatable bonds is 12. The van der Waals surface area contributed by atoms with Gasteiger partial charge >= 0.3 is 6.09 Å². The number of piperazine rings is 1. The van der Waals surface area contributed by atoms with Crippen LogP contribution in [0.3, 0.4) is 0 Å². The summed E-state index contributed by atoms with van der Waals surface area (Å²) in [6.45, 7) is 7.18. The van der Waals surface area contributed by atoms with Crippen molar-refractivity contribution in [1.29, 1.82) is 0 Å². The van der Waals surface area contributed by atoms with E-state index in [0.717, 1.165) is 68.0 Å². The fraction of sp³-hybridized carbons (Fsp3) is 0.382. The number of benzene rings is 3. The van der Waals surface area contributed by atoms with Crippen LogP contribution in [-0.2, 0) is 4.74 Å². The molecule has 3 aromatic rings. The molecule has 228 valence electrons. The van der Waals surface area contributed by atoms with Crippen molar-refractivity contribution in [2.45, 2.75) is 32.2 Å². The fourth-order valence-electron chi connectivity index (χ4n) is 5.03. The van der Waals surface area contributed by atoms with E-state index in [2.05, 4.69) is 21.6 Å². The van der Waals surface area contributed by atoms with Crippen LogP contribution in [0.4, 0.5) is 13.6 Å². The predicted molar refractivity (Wildman–Crippen MR) is 161 cm³/mol. The number of hydrogen-bond acceptors (Lipinski definition) is 6. The van der Waals surface area contributed by atoms with Gasteiger partial charge in [0.2, 0.25) is 0 Å². The summed E-state index contributed by atoms with van der Waals surface area (Å²) in [4.78, 5) is 16.2. The van der Waals surface area contributed by atoms with Crippen LogP contribution in [0.2, 0.25) is 0 Å². The minimum atomic E-state index is -0.774. The average molecular weight is 592 g/mol. The zero-order chi connectivity index (χ0) is 30.4. The standard InChI is InChI=1S/C34H39F2N3O4/c1-2-42-34(40)39(41)21-4-3-7-27-8-18-32(19-9-27)43-26-6-5-20-37-22-24-38(25-23-37)33(28-10-14-30(35)15-11-28)29-12-16-31(36)17-13-29/h8-19,33,41H,2,4-6,20-26H2,1H3. The summed E-state index contributed by atoms with van der Waals surface area (Å²) in [6.07, 6.45) is 1.51. The molecule has 0 spiro atoms. The van der Waals surface area contributed by atoms with Crippen LogP contribution in [-0.4, -0.2) is 78.6 Å². The Bertz CT molecular complexity index is 1290. The lowest BCUT2D eigenvalue weighted by molar-refractivity contribution is -0.0714. The first-order valence-electron chi connectivity index (χ1n) is 14.7. The molecule has 1 heterocycles. The van der Waals surface area contributed by atoms with E-state index < -0.39 is 6.09 Å². The first-order valence-corrected chi connectivity index (χ1v) is 14.7. The van der Waals surface area contributed by atoms with Gasteiger partial charge in [-0.1, -0.05) is 36.1 Å². The molecule has 0 saturated carbocycles. The highest BCUT2D eigenvalue weighted by Gasteiger charge is 2.26. The van der Waals surface area contributed by atoms with Crippen molar-refractivity contribution in [2.75, 3.05) is 52.5 Å². The number of halogens is 2. The van der Waals surface area contributed by atoms with Crippen LogP contribution in [0.15, 0.2) is 72.8 Å². The summed E-state index contributed by atoms with van der Waals surface area (Å²) < 4.78 is 37.8. The summed E-state index contributed by atoms with van der Waals surface area (Å²) in [5, 5.41) is 10.1. The van der Waals surface area contributed by atoms with Gasteiger partial charge in [0.1, 0.15) is 17.4 Å². The molecule has 1 saturated heterocycles. The first-order chi connectivity index (χ1) is 20.9. The number of amides is 1. The van der Waals surface area contributed by atoms with E-state index in [1.165, 1.54) is 24.3 Å². The van der Waals surface area contributed by atoms with Gasteiger partial charge in [-0.2, -0.15) is 5.06 Å². The summed E-state index contributed by atoms with van der Waals surface area (Å²) in [5.74, 6) is 6.20. The number of ether oxygens (including phenoxy) is 2. The SMILES string of the molecule is CCOC(=O)N(O)CCC#Cc1ccc(OCCCCN2CCN(C(c3ccc(F)cc3)c3ccc(F)cc3)CC2)cc1. The Morgan fingerprint density at radius 3 is 2.09 bits per heavy atom. The number of hydroxylamine groups is 2. The Balaban J connectivity index is 1.15. The van der Waals surface area contributed by atoms with Crippen LogP contribution < -0.4 is 4.74 Å². The van der Waals surface area contributed by atoms with Crippen molar-refractivity contribution in [1.82, 2.24) is 14.9 Å². The quantitative estimate of drug-likeness (QED) is 0.119. The van der Waals surface area contributed by atoms with Crippen molar-refractivity contribution < 1.29 is 28.3 Å². The molecule has 0 unspecified atom stereocenters. The molecular formula is C34H39F2N3O4. The van der Waals surface area contributed by atoms with E-state index in [-0.39, 0.29) is 30.8 Å². The minimum absolute atomic E-state index is 0.0450. The summed E-state index contributed by atoms with van der Waals surface area (Å²) in [7, 11) is 0. The van der Waals surface area contributed by atoms with E-state index in [1.54, 1.807) is 6.92 Å². The fourth-order valence-corrected chi connectivity index (χ4v) is 5.03. The maximum Gasteiger partial charge on any atom is 0.433 e. The van der Waals surface area contributed by atoms with E-state index >= 15 is 0 Å². The average Bonchev–Trinajstić information content (AvgIpc) is 3.02. The van der Waals surface area contributed by atoms with Crippen LogP contribution in [0.25, 0.3) is 0 Å². The third kappa shape index (κ3) is 10.1. The molecule has 1 aliphatic heterocycles. The second-order valence-electron chi connectivity index (χ2n) is 10.3. The van der Waals surface area contributed by atoms with Gasteiger partial charge < -0.3 is 14.4 Å². The number of hydrogen-bond donors (Lipinski definition) is 1. The van der Waals surface area contributed by atoms with Gasteiger partial charge in [0, 0.05) is 38.2 Å². The zero-order valence-electron chi connectivity index (χ0n) is 24.6. The molecule has 0 aromatic heterocycles. The summed E-state index contributed by atoms with van der Waals surface area (Å²) in [5.41, 5.74) is 2.83. The van der Waals surface area contributed by atoms with Gasteiger partial charge in [0.05, 0.1) is 25.8 Å². The smallest absolute Gasteiger partial charge is 0.433 e. The lowest BCUT2D eigenvalue weighted by Crippen LogP contribution is -2.48. The number of nitrogens with zero attached hydrogens (tertiary/aromatic N) is 3. The largest absolute Gasteiger partial charge is 0.494 e. The molecule has 0 radical (unpaired) electrons. The lowest BCUT2D eigenvalue weighted by Gasteiger charge is -2.40. The van der Waals surface area contributed by atoms with E-state index in [4.69, 9.17) is 9.47 Å². The second-order valence-corrected chi connectivity index (χ2v) is 10.3. The molecule has 4 rings (SSSR count). The van der Waals surface area contributed by atoms with E-state index in [1.807, 2.05) is 48.5 Å². The van der Waals surface area contributed by atoms with Crippen LogP contribution in [0, 0.1) is 23.5 Å². The van der Waals surface area contributed by atoms with Crippen LogP contribution in [0.1, 0.15) is 48.9 Å². The molecule has 43 heavy (non-hydrogen) atoms. The number of carbonyl (C=O) groups excluding carboxylic acids is 1. The number of carbonyl (C=O) groups is 1. The van der Waals surface area contributed by atoms with Gasteiger partial charge in [-0.3, -0.25) is 10.1 Å². The molecule has 0 atom stereocenters. The molecule has 3 aromatic carbocycles. The van der Waals surface area contributed by atoms with Gasteiger partial charge in [0.15, 0.2) is 0 Å². The number of unbranched alkanes of at least 4 members (excludes halogenated alkanes) is 1. The second kappa shape index (κ2) is 16.6. The van der Waals surface area contributed by atoms with E-state index in [0.29, 0.717) is 18.1 Å². The molecule has 1 aliphatic rings. The Kier molecular flexibility index (Phi) is 12.3. The molecule has 1 fully saturated rings. The Labute approximate surface area is 252 Å². The highest BCUT2D eigenvalue weighted by molar-refractivity contribution is 5.65. The van der Waals surface area contributed by atoms with Crippen molar-refractivity contribution in [2.24, 2.45) is 0 Å². The molecular weight excluding hydrogens is 552 g/mol. The molecule has 0 bridgehead atoms. The normalized spacial score (nSPS) is 13.8. The molecule has 1 amide bonds. The predicted octanol–water partition coefficient (Wildman–Crippen LogP) is 6.12. The third-order valence-electron chi connectivity index (χ3n) is 7.30. The van der Waals surface area contributed by atoms with Crippen molar-refractivity contribution in [3.63, 3.8) is 0 Å². The minimum Gasteiger partial charge on any atom is -0.494 e. The highest BCUT2D eigenvalue weighted by atomic mass is 19.1. The Morgan fingerprint density at radius 2 is 1.51 bits per heavy atom. The molecule has 7 nitrogen and oxygen atoms in total. The van der Waals surface area contributed by atoms with Crippen LogP contribution in [0.5, 0.6) is 5.75 Å². The van der Waals surface area contributed by atoms with Crippen molar-refractivity contribution >= 4 is 6.09 Å². The molecule has 1 N–H and O–H groups in total. The summed E-state index contributed by atoms with van der Waals surface area (Å²) >= 11 is 0. The van der Waals surface area contributed by atoms with Gasteiger partial charge in [-0.25, -0.2) is 13.6 Å². The first kappa shape index (κ1) is 32.0. The van der Waals surface area contributed by atoms with Gasteiger partial charge in [0.25, 0.3) is 0 Å². The molecule has 0 aliphatic carbocycles. The maximum absolute atomic E-state index is 13.6. The topological polar surface area (TPSA) is 65.5 Å². The lowest BCUT2D eigenvalue weighted by atomic mass is 9.96. The monoisotopic (exact) mass is 591 g/mol. The highest BCUT2D eigenvalue weighted by Crippen LogP contribution is 2.30. The van der Waals surface area contributed by atoms with Gasteiger partial charge in [-0.05, 0) is 86.0 Å².